The Hall–Kier alpha value is -4.04. The van der Waals surface area contributed by atoms with Crippen LogP contribution in [0.4, 0.5) is 0 Å². The number of nitriles is 1. The third-order valence-electron chi connectivity index (χ3n) is 4.37. The predicted molar refractivity (Wildman–Crippen MR) is 118 cm³/mol. The van der Waals surface area contributed by atoms with Crippen molar-refractivity contribution in [1.29, 1.82) is 5.26 Å². The first kappa shape index (κ1) is 21.7. The first-order valence-electron chi connectivity index (χ1n) is 9.96. The van der Waals surface area contributed by atoms with Gasteiger partial charge in [-0.15, -0.1) is 0 Å². The van der Waals surface area contributed by atoms with Crippen LogP contribution in [0.15, 0.2) is 84.4 Å². The van der Waals surface area contributed by atoms with Crippen molar-refractivity contribution in [2.24, 2.45) is 0 Å². The molecule has 0 aliphatic heterocycles. The minimum absolute atomic E-state index is 0.0752. The zero-order valence-corrected chi connectivity index (χ0v) is 17.3. The number of esters is 1. The van der Waals surface area contributed by atoms with Crippen LogP contribution in [0.25, 0.3) is 6.08 Å². The van der Waals surface area contributed by atoms with Crippen LogP contribution >= 0.6 is 0 Å². The molecule has 0 aromatic heterocycles. The van der Waals surface area contributed by atoms with E-state index in [1.165, 1.54) is 6.08 Å². The average Bonchev–Trinajstić information content (AvgIpc) is 2.82. The summed E-state index contributed by atoms with van der Waals surface area (Å²) >= 11 is 0. The van der Waals surface area contributed by atoms with E-state index in [1.807, 2.05) is 66.7 Å². The Morgan fingerprint density at radius 3 is 2.00 bits per heavy atom. The molecule has 31 heavy (non-hydrogen) atoms. The van der Waals surface area contributed by atoms with Gasteiger partial charge >= 0.3 is 5.97 Å². The van der Waals surface area contributed by atoms with Crippen molar-refractivity contribution in [2.45, 2.75) is 20.1 Å². The first-order chi connectivity index (χ1) is 15.2. The molecule has 0 aliphatic rings. The molecular weight excluding hydrogens is 390 g/mol. The normalized spacial score (nSPS) is 10.8. The molecule has 3 aromatic carbocycles. The number of hydrogen-bond donors (Lipinski definition) is 0. The molecule has 0 radical (unpaired) electrons. The molecular formula is C26H23NO4. The van der Waals surface area contributed by atoms with Gasteiger partial charge < -0.3 is 14.2 Å². The Balaban J connectivity index is 1.85. The maximum Gasteiger partial charge on any atom is 0.348 e. The lowest BCUT2D eigenvalue weighted by Crippen LogP contribution is -2.06. The fourth-order valence-electron chi connectivity index (χ4n) is 2.83. The van der Waals surface area contributed by atoms with E-state index < -0.39 is 5.97 Å². The molecule has 0 heterocycles. The fraction of sp³-hybridized carbons (Fsp3) is 0.154. The van der Waals surface area contributed by atoms with E-state index in [9.17, 15) is 10.1 Å². The second-order valence-corrected chi connectivity index (χ2v) is 6.65. The highest BCUT2D eigenvalue weighted by atomic mass is 16.5. The summed E-state index contributed by atoms with van der Waals surface area (Å²) in [6.07, 6.45) is 1.48. The molecule has 3 aromatic rings. The van der Waals surface area contributed by atoms with Crippen molar-refractivity contribution >= 4 is 12.0 Å². The van der Waals surface area contributed by atoms with Gasteiger partial charge in [-0.25, -0.2) is 4.79 Å². The summed E-state index contributed by atoms with van der Waals surface area (Å²) in [5.74, 6) is 0.447. The second kappa shape index (κ2) is 11.2. The molecule has 156 valence electrons. The van der Waals surface area contributed by atoms with Gasteiger partial charge in [0.25, 0.3) is 0 Å². The molecule has 0 atom stereocenters. The first-order valence-corrected chi connectivity index (χ1v) is 9.96. The van der Waals surface area contributed by atoms with Crippen LogP contribution in [0, 0.1) is 11.3 Å². The Morgan fingerprint density at radius 2 is 1.45 bits per heavy atom. The van der Waals surface area contributed by atoms with Crippen molar-refractivity contribution in [1.82, 2.24) is 0 Å². The summed E-state index contributed by atoms with van der Waals surface area (Å²) in [7, 11) is 0. The number of carbonyl (C=O) groups excluding carboxylic acids is 1. The highest BCUT2D eigenvalue weighted by Crippen LogP contribution is 2.31. The van der Waals surface area contributed by atoms with E-state index in [2.05, 4.69) is 0 Å². The molecule has 0 N–H and O–H groups in total. The van der Waals surface area contributed by atoms with Crippen molar-refractivity contribution in [3.05, 3.63) is 101 Å². The van der Waals surface area contributed by atoms with Gasteiger partial charge in [0.15, 0.2) is 11.5 Å². The lowest BCUT2D eigenvalue weighted by atomic mass is 10.1. The number of ether oxygens (including phenoxy) is 3. The molecule has 0 spiro atoms. The number of nitrogens with zero attached hydrogens (tertiary/aromatic N) is 1. The van der Waals surface area contributed by atoms with E-state index in [1.54, 1.807) is 25.1 Å². The zero-order valence-electron chi connectivity index (χ0n) is 17.3. The van der Waals surface area contributed by atoms with E-state index >= 15 is 0 Å². The SMILES string of the molecule is CCOC(=O)/C(C#N)=C\c1ccc(OCc2ccccc2)c(OCc2ccccc2)c1. The minimum atomic E-state index is -0.652. The quantitative estimate of drug-likeness (QED) is 0.270. The van der Waals surface area contributed by atoms with Crippen LogP contribution in [-0.4, -0.2) is 12.6 Å². The highest BCUT2D eigenvalue weighted by Gasteiger charge is 2.12. The zero-order chi connectivity index (χ0) is 21.9. The summed E-state index contributed by atoms with van der Waals surface area (Å²) in [6, 6.07) is 26.8. The summed E-state index contributed by atoms with van der Waals surface area (Å²) < 4.78 is 16.9. The molecule has 0 bridgehead atoms. The third-order valence-corrected chi connectivity index (χ3v) is 4.37. The molecule has 5 heteroatoms. The van der Waals surface area contributed by atoms with Crippen molar-refractivity contribution in [3.8, 4) is 17.6 Å². The standard InChI is InChI=1S/C26H23NO4/c1-2-29-26(28)23(17-27)15-22-13-14-24(30-18-20-9-5-3-6-10-20)25(16-22)31-19-21-11-7-4-8-12-21/h3-16H,2,18-19H2,1H3/b23-15-. The van der Waals surface area contributed by atoms with Crippen molar-refractivity contribution < 1.29 is 19.0 Å². The Labute approximate surface area is 182 Å². The molecule has 0 fully saturated rings. The summed E-state index contributed by atoms with van der Waals surface area (Å²) in [6.45, 7) is 2.65. The van der Waals surface area contributed by atoms with E-state index in [0.29, 0.717) is 30.3 Å². The monoisotopic (exact) mass is 413 g/mol. The van der Waals surface area contributed by atoms with Gasteiger partial charge in [-0.2, -0.15) is 5.26 Å². The fourth-order valence-corrected chi connectivity index (χ4v) is 2.83. The maximum atomic E-state index is 11.9. The van der Waals surface area contributed by atoms with E-state index in [0.717, 1.165) is 11.1 Å². The van der Waals surface area contributed by atoms with Crippen LogP contribution < -0.4 is 9.47 Å². The third kappa shape index (κ3) is 6.48. The summed E-state index contributed by atoms with van der Waals surface area (Å²) in [4.78, 5) is 11.9. The van der Waals surface area contributed by atoms with Gasteiger partial charge in [0.1, 0.15) is 24.9 Å². The molecule has 0 saturated heterocycles. The lowest BCUT2D eigenvalue weighted by molar-refractivity contribution is -0.137. The average molecular weight is 413 g/mol. The van der Waals surface area contributed by atoms with Crippen LogP contribution in [0.3, 0.4) is 0 Å². The number of rotatable bonds is 9. The minimum Gasteiger partial charge on any atom is -0.485 e. The maximum absolute atomic E-state index is 11.9. The van der Waals surface area contributed by atoms with E-state index in [4.69, 9.17) is 14.2 Å². The Bertz CT molecular complexity index is 1070. The Morgan fingerprint density at radius 1 is 0.871 bits per heavy atom. The topological polar surface area (TPSA) is 68.6 Å². The molecule has 0 aliphatic carbocycles. The molecule has 3 rings (SSSR count). The van der Waals surface area contributed by atoms with Crippen molar-refractivity contribution in [3.63, 3.8) is 0 Å². The second-order valence-electron chi connectivity index (χ2n) is 6.65. The molecule has 0 amide bonds. The number of carbonyl (C=O) groups is 1. The van der Waals surface area contributed by atoms with Crippen molar-refractivity contribution in [2.75, 3.05) is 6.61 Å². The van der Waals surface area contributed by atoms with Crippen LogP contribution in [0.2, 0.25) is 0 Å². The Kier molecular flexibility index (Phi) is 7.84. The number of hydrogen-bond acceptors (Lipinski definition) is 5. The van der Waals surface area contributed by atoms with Gasteiger partial charge in [-0.05, 0) is 41.8 Å². The van der Waals surface area contributed by atoms with Crippen LogP contribution in [-0.2, 0) is 22.7 Å². The van der Waals surface area contributed by atoms with Gasteiger partial charge in [0.05, 0.1) is 6.61 Å². The molecule has 5 nitrogen and oxygen atoms in total. The summed E-state index contributed by atoms with van der Waals surface area (Å²) in [5, 5.41) is 9.30. The molecule has 0 saturated carbocycles. The van der Waals surface area contributed by atoms with Gasteiger partial charge in [0, 0.05) is 0 Å². The summed E-state index contributed by atoms with van der Waals surface area (Å²) in [5.41, 5.74) is 2.62. The van der Waals surface area contributed by atoms with Gasteiger partial charge in [-0.1, -0.05) is 66.7 Å². The largest absolute Gasteiger partial charge is 0.485 e. The van der Waals surface area contributed by atoms with Gasteiger partial charge in [0.2, 0.25) is 0 Å². The van der Waals surface area contributed by atoms with E-state index in [-0.39, 0.29) is 12.2 Å². The lowest BCUT2D eigenvalue weighted by Gasteiger charge is -2.14. The van der Waals surface area contributed by atoms with Gasteiger partial charge in [-0.3, -0.25) is 0 Å². The molecule has 0 unspecified atom stereocenters. The highest BCUT2D eigenvalue weighted by molar-refractivity contribution is 5.97. The number of benzene rings is 3. The van der Waals surface area contributed by atoms with Crippen LogP contribution in [0.1, 0.15) is 23.6 Å². The van der Waals surface area contributed by atoms with Crippen LogP contribution in [0.5, 0.6) is 11.5 Å². The smallest absolute Gasteiger partial charge is 0.348 e. The predicted octanol–water partition coefficient (Wildman–Crippen LogP) is 5.31.